The predicted octanol–water partition coefficient (Wildman–Crippen LogP) is 3.81. The molecule has 2 unspecified atom stereocenters. The summed E-state index contributed by atoms with van der Waals surface area (Å²) >= 11 is 1.49. The summed E-state index contributed by atoms with van der Waals surface area (Å²) in [5.41, 5.74) is 1.42. The van der Waals surface area contributed by atoms with Crippen LogP contribution in [0.25, 0.3) is 9.81 Å². The van der Waals surface area contributed by atoms with E-state index in [4.69, 9.17) is 11.3 Å². The molecule has 7 heteroatoms. The molecule has 0 saturated heterocycles. The number of ether oxygens (including phenoxy) is 1. The molecule has 0 N–H and O–H groups in total. The molecule has 3 aromatic rings. The van der Waals surface area contributed by atoms with Gasteiger partial charge in [0.25, 0.3) is 5.56 Å². The average Bonchev–Trinajstić information content (AvgIpc) is 3.27. The summed E-state index contributed by atoms with van der Waals surface area (Å²) in [5.74, 6) is 0.820. The maximum atomic E-state index is 12.9. The van der Waals surface area contributed by atoms with Crippen molar-refractivity contribution in [1.29, 1.82) is 0 Å². The molecule has 2 atom stereocenters. The quantitative estimate of drug-likeness (QED) is 0.643. The Morgan fingerprint density at radius 2 is 2.19 bits per heavy atom. The van der Waals surface area contributed by atoms with Crippen LogP contribution in [-0.4, -0.2) is 15.9 Å². The second kappa shape index (κ2) is 6.54. The molecule has 1 aliphatic carbocycles. The molecule has 0 spiro atoms. The molecular weight excluding hydrogens is 353 g/mol. The number of thiazole rings is 1. The first-order chi connectivity index (χ1) is 12.6. The Bertz CT molecular complexity index is 1070. The number of hydrogen-bond acceptors (Lipinski definition) is 4. The third-order valence-corrected chi connectivity index (χ3v) is 5.56. The normalized spacial score (nSPS) is 18.7. The van der Waals surface area contributed by atoms with Crippen LogP contribution >= 0.6 is 11.3 Å². The Labute approximate surface area is 153 Å². The van der Waals surface area contributed by atoms with Gasteiger partial charge in [-0.05, 0) is 37.6 Å². The predicted molar refractivity (Wildman–Crippen MR) is 97.1 cm³/mol. The number of aromatic nitrogens is 2. The lowest BCUT2D eigenvalue weighted by Gasteiger charge is -2.06. The van der Waals surface area contributed by atoms with Gasteiger partial charge in [-0.15, -0.1) is 11.3 Å². The van der Waals surface area contributed by atoms with Crippen molar-refractivity contribution < 1.29 is 9.13 Å². The van der Waals surface area contributed by atoms with E-state index in [-0.39, 0.29) is 23.9 Å². The summed E-state index contributed by atoms with van der Waals surface area (Å²) in [6.45, 7) is 9.67. The van der Waals surface area contributed by atoms with Crippen molar-refractivity contribution in [2.45, 2.75) is 25.9 Å². The molecule has 2 aromatic heterocycles. The lowest BCUT2D eigenvalue weighted by molar-refractivity contribution is 0.301. The number of fused-ring (bicyclic) bond motifs is 1. The van der Waals surface area contributed by atoms with E-state index in [1.165, 1.54) is 29.5 Å². The first-order valence-corrected chi connectivity index (χ1v) is 9.12. The Hall–Kier alpha value is -2.72. The standard InChI is InChI=1S/C19H16FN3O2S/c1-11-18(16-7-12(16)9-21-2)23-17(24)8-14(22-19(23)26-11)10-25-15-5-3-13(20)4-6-15/h3-6,8,12,16H,7,9-10H2,1H3. The second-order valence-corrected chi connectivity index (χ2v) is 7.61. The molecule has 1 aliphatic rings. The molecule has 4 rings (SSSR count). The Morgan fingerprint density at radius 1 is 1.42 bits per heavy atom. The van der Waals surface area contributed by atoms with Crippen LogP contribution in [0.4, 0.5) is 4.39 Å². The van der Waals surface area contributed by atoms with Gasteiger partial charge in [0.05, 0.1) is 5.69 Å². The molecule has 1 fully saturated rings. The summed E-state index contributed by atoms with van der Waals surface area (Å²) in [5, 5.41) is 0. The Morgan fingerprint density at radius 3 is 2.92 bits per heavy atom. The first kappa shape index (κ1) is 16.7. The van der Waals surface area contributed by atoms with E-state index in [0.717, 1.165) is 17.0 Å². The van der Waals surface area contributed by atoms with Gasteiger partial charge >= 0.3 is 0 Å². The van der Waals surface area contributed by atoms with Crippen LogP contribution in [0.3, 0.4) is 0 Å². The van der Waals surface area contributed by atoms with Crippen LogP contribution in [0, 0.1) is 25.2 Å². The Kier molecular flexibility index (Phi) is 4.21. The van der Waals surface area contributed by atoms with Gasteiger partial charge < -0.3 is 9.58 Å². The van der Waals surface area contributed by atoms with Gasteiger partial charge in [-0.2, -0.15) is 0 Å². The van der Waals surface area contributed by atoms with E-state index >= 15 is 0 Å². The number of halogens is 1. The largest absolute Gasteiger partial charge is 0.487 e. The zero-order chi connectivity index (χ0) is 18.3. The van der Waals surface area contributed by atoms with E-state index in [2.05, 4.69) is 9.83 Å². The highest BCUT2D eigenvalue weighted by Gasteiger charge is 2.44. The summed E-state index contributed by atoms with van der Waals surface area (Å²) in [7, 11) is 0. The number of rotatable bonds is 5. The van der Waals surface area contributed by atoms with Crippen molar-refractivity contribution in [1.82, 2.24) is 9.38 Å². The van der Waals surface area contributed by atoms with E-state index in [9.17, 15) is 9.18 Å². The van der Waals surface area contributed by atoms with Crippen molar-refractivity contribution in [3.8, 4) is 5.75 Å². The molecule has 132 valence electrons. The Balaban J connectivity index is 1.60. The molecule has 2 heterocycles. The fourth-order valence-electron chi connectivity index (χ4n) is 3.23. The molecule has 0 bridgehead atoms. The summed E-state index contributed by atoms with van der Waals surface area (Å²) in [6, 6.07) is 7.21. The SMILES string of the molecule is [C-]#[N+]CC1CC1c1c(C)sc2nc(COc3ccc(F)cc3)cc(=O)n12. The highest BCUT2D eigenvalue weighted by atomic mass is 32.1. The smallest absolute Gasteiger partial charge is 0.259 e. The lowest BCUT2D eigenvalue weighted by atomic mass is 10.2. The minimum Gasteiger partial charge on any atom is -0.487 e. The van der Waals surface area contributed by atoms with Crippen LogP contribution in [0.5, 0.6) is 5.75 Å². The van der Waals surface area contributed by atoms with Crippen molar-refractivity contribution in [3.05, 3.63) is 74.2 Å². The van der Waals surface area contributed by atoms with E-state index in [1.54, 1.807) is 16.5 Å². The fraction of sp³-hybridized carbons (Fsp3) is 0.316. The topological polar surface area (TPSA) is 48.0 Å². The number of aryl methyl sites for hydroxylation is 1. The number of nitrogens with zero attached hydrogens (tertiary/aromatic N) is 3. The third kappa shape index (κ3) is 3.08. The fourth-order valence-corrected chi connectivity index (χ4v) is 4.30. The lowest BCUT2D eigenvalue weighted by Crippen LogP contribution is -2.17. The number of benzene rings is 1. The van der Waals surface area contributed by atoms with Crippen molar-refractivity contribution >= 4 is 16.3 Å². The molecule has 5 nitrogen and oxygen atoms in total. The molecule has 1 aromatic carbocycles. The highest BCUT2D eigenvalue weighted by Crippen LogP contribution is 2.49. The zero-order valence-electron chi connectivity index (χ0n) is 14.1. The van der Waals surface area contributed by atoms with E-state index in [0.29, 0.717) is 28.9 Å². The minimum atomic E-state index is -0.326. The van der Waals surface area contributed by atoms with E-state index < -0.39 is 0 Å². The zero-order valence-corrected chi connectivity index (χ0v) is 14.9. The minimum absolute atomic E-state index is 0.125. The van der Waals surface area contributed by atoms with Gasteiger partial charge in [-0.25, -0.2) is 15.9 Å². The van der Waals surface area contributed by atoms with Gasteiger partial charge in [0.15, 0.2) is 4.96 Å². The maximum absolute atomic E-state index is 12.9. The van der Waals surface area contributed by atoms with Crippen LogP contribution < -0.4 is 10.3 Å². The highest BCUT2D eigenvalue weighted by molar-refractivity contribution is 7.17. The van der Waals surface area contributed by atoms with Crippen LogP contribution in [0.1, 0.15) is 28.6 Å². The van der Waals surface area contributed by atoms with Gasteiger partial charge in [0, 0.05) is 28.5 Å². The van der Waals surface area contributed by atoms with E-state index in [1.807, 2.05) is 6.92 Å². The van der Waals surface area contributed by atoms with Gasteiger partial charge in [-0.3, -0.25) is 9.20 Å². The maximum Gasteiger partial charge on any atom is 0.259 e. The molecule has 0 radical (unpaired) electrons. The van der Waals surface area contributed by atoms with Crippen LogP contribution in [0.2, 0.25) is 0 Å². The van der Waals surface area contributed by atoms with Crippen molar-refractivity contribution in [2.75, 3.05) is 6.54 Å². The monoisotopic (exact) mass is 369 g/mol. The third-order valence-electron chi connectivity index (χ3n) is 4.59. The van der Waals surface area contributed by atoms with Gasteiger partial charge in [0.2, 0.25) is 6.54 Å². The van der Waals surface area contributed by atoms with Gasteiger partial charge in [0.1, 0.15) is 18.2 Å². The average molecular weight is 369 g/mol. The van der Waals surface area contributed by atoms with Gasteiger partial charge in [-0.1, -0.05) is 0 Å². The molecular formula is C19H16FN3O2S. The molecule has 0 aliphatic heterocycles. The summed E-state index contributed by atoms with van der Waals surface area (Å²) < 4.78 is 20.2. The van der Waals surface area contributed by atoms with Crippen molar-refractivity contribution in [2.24, 2.45) is 5.92 Å². The first-order valence-electron chi connectivity index (χ1n) is 8.30. The molecule has 0 amide bonds. The summed E-state index contributed by atoms with van der Waals surface area (Å²) in [4.78, 5) is 22.4. The van der Waals surface area contributed by atoms with Crippen LogP contribution in [-0.2, 0) is 6.61 Å². The second-order valence-electron chi connectivity index (χ2n) is 6.43. The van der Waals surface area contributed by atoms with Crippen LogP contribution in [0.15, 0.2) is 35.1 Å². The van der Waals surface area contributed by atoms with Crippen molar-refractivity contribution in [3.63, 3.8) is 0 Å². The molecule has 1 saturated carbocycles. The summed E-state index contributed by atoms with van der Waals surface area (Å²) in [6.07, 6.45) is 0.955. The molecule has 26 heavy (non-hydrogen) atoms. The number of hydrogen-bond donors (Lipinski definition) is 0.